The molecule has 0 bridgehead atoms. The minimum Gasteiger partial charge on any atom is -0.427 e. The van der Waals surface area contributed by atoms with Crippen molar-refractivity contribution < 1.29 is 27.1 Å². The van der Waals surface area contributed by atoms with E-state index in [9.17, 15) is 22.8 Å². The summed E-state index contributed by atoms with van der Waals surface area (Å²) in [5.74, 6) is 0.366. The van der Waals surface area contributed by atoms with Crippen LogP contribution in [0.15, 0.2) is 15.3 Å². The molecule has 1 saturated carbocycles. The second-order valence-electron chi connectivity index (χ2n) is 6.68. The maximum atomic E-state index is 12.6. The molecular weight excluding hydrogens is 339 g/mol. The summed E-state index contributed by atoms with van der Waals surface area (Å²) in [6.45, 7) is 1.91. The molecule has 1 saturated heterocycles. The summed E-state index contributed by atoms with van der Waals surface area (Å²) in [5, 5.41) is 0. The summed E-state index contributed by atoms with van der Waals surface area (Å²) >= 11 is 0. The van der Waals surface area contributed by atoms with Crippen molar-refractivity contribution in [1.82, 2.24) is 4.90 Å². The van der Waals surface area contributed by atoms with Gasteiger partial charge in [-0.3, -0.25) is 9.53 Å². The Bertz CT molecular complexity index is 701. The average Bonchev–Trinajstić information content (AvgIpc) is 2.43. The lowest BCUT2D eigenvalue weighted by molar-refractivity contribution is -0.345. The largest absolute Gasteiger partial charge is 0.522 e. The van der Waals surface area contributed by atoms with Crippen LogP contribution in [-0.2, 0) is 4.74 Å². The van der Waals surface area contributed by atoms with Crippen LogP contribution >= 0.6 is 0 Å². The van der Waals surface area contributed by atoms with E-state index in [4.69, 9.17) is 4.42 Å². The van der Waals surface area contributed by atoms with E-state index < -0.39 is 24.0 Å². The fourth-order valence-corrected chi connectivity index (χ4v) is 3.31. The van der Waals surface area contributed by atoms with Crippen molar-refractivity contribution in [3.63, 3.8) is 0 Å². The number of rotatable bonds is 3. The zero-order chi connectivity index (χ0) is 18.2. The SMILES string of the molecule is Cc1cc(C2CCC2)oc(=O)c1C(=O)N1CCC(OC(F)(F)F)CC1. The van der Waals surface area contributed by atoms with Gasteiger partial charge in [0, 0.05) is 19.0 Å². The number of carbonyl (C=O) groups excluding carboxylic acids is 1. The molecule has 25 heavy (non-hydrogen) atoms. The summed E-state index contributed by atoms with van der Waals surface area (Å²) in [5.41, 5.74) is -0.143. The number of carbonyl (C=O) groups is 1. The molecule has 8 heteroatoms. The molecule has 5 nitrogen and oxygen atoms in total. The highest BCUT2D eigenvalue weighted by Crippen LogP contribution is 2.36. The lowest BCUT2D eigenvalue weighted by Crippen LogP contribution is -2.43. The predicted molar refractivity (Wildman–Crippen MR) is 82.4 cm³/mol. The van der Waals surface area contributed by atoms with E-state index in [1.807, 2.05) is 0 Å². The van der Waals surface area contributed by atoms with Crippen LogP contribution in [-0.4, -0.2) is 36.4 Å². The molecule has 2 aliphatic rings. The Labute approximate surface area is 142 Å². The van der Waals surface area contributed by atoms with Gasteiger partial charge >= 0.3 is 12.0 Å². The normalized spacial score (nSPS) is 19.8. The van der Waals surface area contributed by atoms with E-state index >= 15 is 0 Å². The highest BCUT2D eigenvalue weighted by Gasteiger charge is 2.36. The number of likely N-dealkylation sites (tertiary alicyclic amines) is 1. The van der Waals surface area contributed by atoms with E-state index in [0.717, 1.165) is 19.3 Å². The van der Waals surface area contributed by atoms with Gasteiger partial charge in [0.25, 0.3) is 5.91 Å². The molecule has 2 heterocycles. The van der Waals surface area contributed by atoms with Crippen LogP contribution in [0.3, 0.4) is 0 Å². The Morgan fingerprint density at radius 2 is 1.88 bits per heavy atom. The number of hydrogen-bond acceptors (Lipinski definition) is 4. The number of aryl methyl sites for hydroxylation is 1. The Morgan fingerprint density at radius 1 is 1.24 bits per heavy atom. The van der Waals surface area contributed by atoms with Crippen molar-refractivity contribution in [3.8, 4) is 0 Å². The summed E-state index contributed by atoms with van der Waals surface area (Å²) in [6.07, 6.45) is -2.42. The van der Waals surface area contributed by atoms with Gasteiger partial charge in [0.15, 0.2) is 0 Å². The molecule has 0 radical (unpaired) electrons. The monoisotopic (exact) mass is 359 g/mol. The van der Waals surface area contributed by atoms with Crippen LogP contribution in [0.1, 0.15) is 59.7 Å². The summed E-state index contributed by atoms with van der Waals surface area (Å²) in [7, 11) is 0. The van der Waals surface area contributed by atoms with Crippen LogP contribution in [0.5, 0.6) is 0 Å². The highest BCUT2D eigenvalue weighted by molar-refractivity contribution is 5.95. The third-order valence-corrected chi connectivity index (χ3v) is 4.92. The molecular formula is C17H20F3NO4. The minimum atomic E-state index is -4.67. The van der Waals surface area contributed by atoms with Crippen molar-refractivity contribution in [2.45, 2.75) is 57.4 Å². The number of amides is 1. The van der Waals surface area contributed by atoms with Crippen LogP contribution in [0.2, 0.25) is 0 Å². The average molecular weight is 359 g/mol. The number of alkyl halides is 3. The van der Waals surface area contributed by atoms with E-state index in [2.05, 4.69) is 4.74 Å². The first-order valence-electron chi connectivity index (χ1n) is 8.43. The smallest absolute Gasteiger partial charge is 0.427 e. The molecule has 0 unspecified atom stereocenters. The van der Waals surface area contributed by atoms with Gasteiger partial charge in [0.2, 0.25) is 0 Å². The van der Waals surface area contributed by atoms with Crippen LogP contribution < -0.4 is 5.63 Å². The lowest BCUT2D eigenvalue weighted by atomic mass is 9.83. The summed E-state index contributed by atoms with van der Waals surface area (Å²) < 4.78 is 46.1. The molecule has 0 aromatic carbocycles. The van der Waals surface area contributed by atoms with E-state index in [0.29, 0.717) is 11.3 Å². The van der Waals surface area contributed by atoms with Crippen LogP contribution in [0.4, 0.5) is 13.2 Å². The molecule has 0 spiro atoms. The zero-order valence-corrected chi connectivity index (χ0v) is 13.9. The maximum absolute atomic E-state index is 12.6. The van der Waals surface area contributed by atoms with Crippen molar-refractivity contribution >= 4 is 5.91 Å². The quantitative estimate of drug-likeness (QED) is 0.830. The van der Waals surface area contributed by atoms with Gasteiger partial charge in [-0.15, -0.1) is 13.2 Å². The van der Waals surface area contributed by atoms with Crippen molar-refractivity contribution in [1.29, 1.82) is 0 Å². The zero-order valence-electron chi connectivity index (χ0n) is 13.9. The number of nitrogens with zero attached hydrogens (tertiary/aromatic N) is 1. The first-order chi connectivity index (χ1) is 11.7. The molecule has 1 aliphatic heterocycles. The standard InChI is InChI=1S/C17H20F3NO4/c1-10-9-13(11-3-2-4-11)24-16(23)14(10)15(22)21-7-5-12(6-8-21)25-17(18,19)20/h9,11-12H,2-8H2,1H3. The first-order valence-corrected chi connectivity index (χ1v) is 8.43. The number of halogens is 3. The van der Waals surface area contributed by atoms with E-state index in [1.54, 1.807) is 13.0 Å². The van der Waals surface area contributed by atoms with Gasteiger partial charge in [-0.05, 0) is 44.2 Å². The number of piperidine rings is 1. The molecule has 1 amide bonds. The molecule has 1 aromatic rings. The van der Waals surface area contributed by atoms with Gasteiger partial charge in [0.05, 0.1) is 6.10 Å². The highest BCUT2D eigenvalue weighted by atomic mass is 19.4. The van der Waals surface area contributed by atoms with Crippen LogP contribution in [0.25, 0.3) is 0 Å². The minimum absolute atomic E-state index is 0.0294. The molecule has 138 valence electrons. The Kier molecular flexibility index (Phi) is 4.90. The van der Waals surface area contributed by atoms with E-state index in [-0.39, 0.29) is 37.4 Å². The number of ether oxygens (including phenoxy) is 1. The molecule has 3 rings (SSSR count). The van der Waals surface area contributed by atoms with Gasteiger partial charge in [-0.2, -0.15) is 0 Å². The molecule has 2 fully saturated rings. The van der Waals surface area contributed by atoms with Gasteiger partial charge < -0.3 is 9.32 Å². The van der Waals surface area contributed by atoms with E-state index in [1.165, 1.54) is 4.90 Å². The van der Waals surface area contributed by atoms with Crippen LogP contribution in [0, 0.1) is 6.92 Å². The second-order valence-corrected chi connectivity index (χ2v) is 6.68. The van der Waals surface area contributed by atoms with Gasteiger partial charge in [-0.25, -0.2) is 4.79 Å². The van der Waals surface area contributed by atoms with Gasteiger partial charge in [-0.1, -0.05) is 6.42 Å². The third-order valence-electron chi connectivity index (χ3n) is 4.92. The molecule has 1 aromatic heterocycles. The topological polar surface area (TPSA) is 59.8 Å². The summed E-state index contributed by atoms with van der Waals surface area (Å²) in [6, 6.07) is 1.73. The molecule has 0 N–H and O–H groups in total. The fraction of sp³-hybridized carbons (Fsp3) is 0.647. The Morgan fingerprint density at radius 3 is 2.36 bits per heavy atom. The van der Waals surface area contributed by atoms with Crippen molar-refractivity contribution in [2.24, 2.45) is 0 Å². The molecule has 0 atom stereocenters. The van der Waals surface area contributed by atoms with Crippen molar-refractivity contribution in [3.05, 3.63) is 33.4 Å². The summed E-state index contributed by atoms with van der Waals surface area (Å²) in [4.78, 5) is 26.2. The Hall–Kier alpha value is -1.83. The fourth-order valence-electron chi connectivity index (χ4n) is 3.31. The number of hydrogen-bond donors (Lipinski definition) is 0. The first kappa shape index (κ1) is 18.0. The third kappa shape index (κ3) is 4.05. The van der Waals surface area contributed by atoms with Crippen molar-refractivity contribution in [2.75, 3.05) is 13.1 Å². The lowest BCUT2D eigenvalue weighted by Gasteiger charge is -2.32. The second kappa shape index (κ2) is 6.82. The predicted octanol–water partition coefficient (Wildman–Crippen LogP) is 3.36. The maximum Gasteiger partial charge on any atom is 0.522 e. The van der Waals surface area contributed by atoms with Gasteiger partial charge in [0.1, 0.15) is 11.3 Å². The molecule has 1 aliphatic carbocycles. The Balaban J connectivity index is 1.69.